The Morgan fingerprint density at radius 3 is 1.90 bits per heavy atom. The molecule has 214 valence electrons. The van der Waals surface area contributed by atoms with Gasteiger partial charge >= 0.3 is 0 Å². The highest BCUT2D eigenvalue weighted by molar-refractivity contribution is 5.84. The van der Waals surface area contributed by atoms with Crippen molar-refractivity contribution in [3.63, 3.8) is 0 Å². The highest BCUT2D eigenvalue weighted by atomic mass is 16.6. The molecule has 0 aliphatic carbocycles. The van der Waals surface area contributed by atoms with Gasteiger partial charge in [-0.2, -0.15) is 0 Å². The minimum absolute atomic E-state index is 0.0642. The van der Waals surface area contributed by atoms with E-state index in [9.17, 15) is 10.1 Å². The summed E-state index contributed by atoms with van der Waals surface area (Å²) >= 11 is 0. The van der Waals surface area contributed by atoms with Crippen LogP contribution in [0.5, 0.6) is 0 Å². The highest BCUT2D eigenvalue weighted by Crippen LogP contribution is 2.38. The quantitative estimate of drug-likeness (QED) is 0.131. The van der Waals surface area contributed by atoms with Crippen molar-refractivity contribution < 1.29 is 23.9 Å². The number of nitrogens with zero attached hydrogens (tertiary/aromatic N) is 3. The Morgan fingerprint density at radius 2 is 1.31 bits per heavy atom. The zero-order chi connectivity index (χ0) is 28.7. The average Bonchev–Trinajstić information content (AvgIpc) is 3.61. The average molecular weight is 566 g/mol. The Bertz CT molecular complexity index is 1600. The van der Waals surface area contributed by atoms with Gasteiger partial charge in [0.05, 0.1) is 43.2 Å². The van der Waals surface area contributed by atoms with E-state index in [1.54, 1.807) is 23.0 Å². The van der Waals surface area contributed by atoms with Gasteiger partial charge in [-0.1, -0.05) is 97.1 Å². The van der Waals surface area contributed by atoms with E-state index in [1.807, 2.05) is 91.0 Å². The molecule has 6 rings (SSSR count). The number of rotatable bonds is 12. The van der Waals surface area contributed by atoms with Gasteiger partial charge in [0, 0.05) is 6.07 Å². The number of imidazole rings is 1. The fourth-order valence-electron chi connectivity index (χ4n) is 5.24. The highest BCUT2D eigenvalue weighted by Gasteiger charge is 2.48. The summed E-state index contributed by atoms with van der Waals surface area (Å²) in [5.74, 6) is 0. The van der Waals surface area contributed by atoms with E-state index in [2.05, 4.69) is 4.98 Å². The van der Waals surface area contributed by atoms with Crippen LogP contribution in [0.15, 0.2) is 116 Å². The number of non-ortho nitro benzene ring substituents is 1. The van der Waals surface area contributed by atoms with E-state index >= 15 is 0 Å². The first-order chi connectivity index (χ1) is 20.7. The van der Waals surface area contributed by atoms with Gasteiger partial charge in [0.2, 0.25) is 0 Å². The summed E-state index contributed by atoms with van der Waals surface area (Å²) in [6.07, 6.45) is -0.615. The fraction of sp³-hybridized carbons (Fsp3) is 0.242. The van der Waals surface area contributed by atoms with Crippen molar-refractivity contribution in [2.75, 3.05) is 6.61 Å². The number of nitro benzene ring substituents is 1. The Hall–Kier alpha value is -4.41. The largest absolute Gasteiger partial charge is 0.374 e. The maximum atomic E-state index is 11.7. The Kier molecular flexibility index (Phi) is 8.62. The van der Waals surface area contributed by atoms with Crippen molar-refractivity contribution in [2.24, 2.45) is 0 Å². The maximum absolute atomic E-state index is 11.7. The molecule has 4 aromatic carbocycles. The molecule has 1 aromatic heterocycles. The molecule has 0 amide bonds. The van der Waals surface area contributed by atoms with Gasteiger partial charge in [-0.25, -0.2) is 4.98 Å². The minimum atomic E-state index is -0.660. The predicted molar refractivity (Wildman–Crippen MR) is 156 cm³/mol. The number of benzene rings is 4. The fourth-order valence-corrected chi connectivity index (χ4v) is 5.24. The van der Waals surface area contributed by atoms with Crippen LogP contribution in [0.25, 0.3) is 11.0 Å². The second-order valence-electron chi connectivity index (χ2n) is 10.1. The smallest absolute Gasteiger partial charge is 0.297 e. The molecule has 0 N–H and O–H groups in total. The summed E-state index contributed by atoms with van der Waals surface area (Å²) < 4.78 is 27.7. The second kappa shape index (κ2) is 13.1. The molecule has 1 fully saturated rings. The summed E-state index contributed by atoms with van der Waals surface area (Å²) in [4.78, 5) is 15.7. The summed E-state index contributed by atoms with van der Waals surface area (Å²) in [6.45, 7) is 1.38. The SMILES string of the molecule is O=[N+]([O-])c1cccc2c1ncn2[C@@H]1O[C@H](COCc2ccccc2)[C@@H](OCc2ccccc2)[C@H]1OCc1ccccc1. The normalized spacial score (nSPS) is 20.2. The lowest BCUT2D eigenvalue weighted by molar-refractivity contribution is -0.383. The van der Waals surface area contributed by atoms with Gasteiger partial charge < -0.3 is 23.5 Å². The van der Waals surface area contributed by atoms with E-state index < -0.39 is 29.5 Å². The molecule has 0 radical (unpaired) electrons. The molecule has 1 aliphatic rings. The van der Waals surface area contributed by atoms with Crippen LogP contribution in [0.4, 0.5) is 5.69 Å². The predicted octanol–water partition coefficient (Wildman–Crippen LogP) is 6.23. The first-order valence-corrected chi connectivity index (χ1v) is 13.9. The third-order valence-corrected chi connectivity index (χ3v) is 7.30. The molecule has 4 atom stereocenters. The Labute approximate surface area is 243 Å². The minimum Gasteiger partial charge on any atom is -0.374 e. The molecule has 0 bridgehead atoms. The van der Waals surface area contributed by atoms with Gasteiger partial charge in [-0.3, -0.25) is 10.1 Å². The van der Waals surface area contributed by atoms with Crippen molar-refractivity contribution in [1.82, 2.24) is 9.55 Å². The number of para-hydroxylation sites is 1. The van der Waals surface area contributed by atoms with Crippen molar-refractivity contribution in [1.29, 1.82) is 0 Å². The molecular weight excluding hydrogens is 534 g/mol. The zero-order valence-corrected chi connectivity index (χ0v) is 22.9. The number of aromatic nitrogens is 2. The van der Waals surface area contributed by atoms with Crippen LogP contribution in [0.2, 0.25) is 0 Å². The number of fused-ring (bicyclic) bond motifs is 1. The summed E-state index contributed by atoms with van der Waals surface area (Å²) in [7, 11) is 0. The number of nitro groups is 1. The topological polar surface area (TPSA) is 97.9 Å². The van der Waals surface area contributed by atoms with Crippen LogP contribution in [0.3, 0.4) is 0 Å². The first-order valence-electron chi connectivity index (χ1n) is 13.9. The van der Waals surface area contributed by atoms with E-state index in [1.165, 1.54) is 6.07 Å². The second-order valence-corrected chi connectivity index (χ2v) is 10.1. The first kappa shape index (κ1) is 27.7. The third-order valence-electron chi connectivity index (χ3n) is 7.30. The molecule has 42 heavy (non-hydrogen) atoms. The van der Waals surface area contributed by atoms with Crippen LogP contribution in [0.1, 0.15) is 22.9 Å². The van der Waals surface area contributed by atoms with Gasteiger partial charge in [-0.05, 0) is 22.8 Å². The van der Waals surface area contributed by atoms with Gasteiger partial charge in [-0.15, -0.1) is 0 Å². The van der Waals surface area contributed by atoms with E-state index in [0.29, 0.717) is 30.9 Å². The van der Waals surface area contributed by atoms with Crippen LogP contribution in [0, 0.1) is 10.1 Å². The summed E-state index contributed by atoms with van der Waals surface area (Å²) in [5, 5.41) is 11.7. The van der Waals surface area contributed by atoms with Crippen molar-refractivity contribution in [2.45, 2.75) is 44.4 Å². The molecule has 1 saturated heterocycles. The maximum Gasteiger partial charge on any atom is 0.297 e. The molecule has 9 nitrogen and oxygen atoms in total. The number of hydrogen-bond donors (Lipinski definition) is 0. The van der Waals surface area contributed by atoms with Crippen molar-refractivity contribution in [3.05, 3.63) is 142 Å². The lowest BCUT2D eigenvalue weighted by Gasteiger charge is -2.25. The summed E-state index contributed by atoms with van der Waals surface area (Å²) in [6, 6.07) is 34.7. The molecule has 9 heteroatoms. The number of hydrogen-bond acceptors (Lipinski definition) is 7. The zero-order valence-electron chi connectivity index (χ0n) is 22.9. The van der Waals surface area contributed by atoms with E-state index in [0.717, 1.165) is 16.7 Å². The van der Waals surface area contributed by atoms with Crippen molar-refractivity contribution in [3.8, 4) is 0 Å². The van der Waals surface area contributed by atoms with Crippen LogP contribution in [-0.4, -0.2) is 39.4 Å². The summed E-state index contributed by atoms with van der Waals surface area (Å²) in [5.41, 5.74) is 3.89. The molecule has 2 heterocycles. The monoisotopic (exact) mass is 565 g/mol. The molecule has 0 spiro atoms. The van der Waals surface area contributed by atoms with Crippen LogP contribution < -0.4 is 0 Å². The Balaban J connectivity index is 1.32. The van der Waals surface area contributed by atoms with Gasteiger partial charge in [0.25, 0.3) is 5.69 Å². The third kappa shape index (κ3) is 6.24. The van der Waals surface area contributed by atoms with Crippen LogP contribution in [-0.2, 0) is 38.8 Å². The van der Waals surface area contributed by atoms with Crippen molar-refractivity contribution >= 4 is 16.7 Å². The lowest BCUT2D eigenvalue weighted by atomic mass is 10.1. The molecule has 0 saturated carbocycles. The molecule has 5 aromatic rings. The molecular formula is C33H31N3O6. The van der Waals surface area contributed by atoms with Crippen LogP contribution >= 0.6 is 0 Å². The van der Waals surface area contributed by atoms with Gasteiger partial charge in [0.15, 0.2) is 11.7 Å². The Morgan fingerprint density at radius 1 is 0.738 bits per heavy atom. The molecule has 0 unspecified atom stereocenters. The van der Waals surface area contributed by atoms with E-state index in [-0.39, 0.29) is 12.3 Å². The number of ether oxygens (including phenoxy) is 4. The standard InChI is InChI=1S/C33H31N3O6/c37-36(38)28-18-10-17-27-30(28)34-23-35(27)33-32(41-21-26-15-8-3-9-16-26)31(40-20-25-13-6-2-7-14-25)29(42-33)22-39-19-24-11-4-1-5-12-24/h1-18,23,29,31-33H,19-22H2/t29-,31-,32-,33-/m1/s1. The van der Waals surface area contributed by atoms with Gasteiger partial charge in [0.1, 0.15) is 18.3 Å². The lowest BCUT2D eigenvalue weighted by Crippen LogP contribution is -2.38. The van der Waals surface area contributed by atoms with E-state index in [4.69, 9.17) is 18.9 Å². The molecule has 1 aliphatic heterocycles.